The van der Waals surface area contributed by atoms with E-state index >= 15 is 0 Å². The fourth-order valence-corrected chi connectivity index (χ4v) is 4.15. The number of anilines is 1. The third-order valence-corrected chi connectivity index (χ3v) is 5.76. The largest absolute Gasteiger partial charge is 0.388 e. The molecule has 1 fully saturated rings. The summed E-state index contributed by atoms with van der Waals surface area (Å²) < 4.78 is 0. The summed E-state index contributed by atoms with van der Waals surface area (Å²) in [6, 6.07) is 8.29. The van der Waals surface area contributed by atoms with E-state index in [0.717, 1.165) is 69.0 Å². The second-order valence-electron chi connectivity index (χ2n) is 7.82. The summed E-state index contributed by atoms with van der Waals surface area (Å²) in [4.78, 5) is 14.4. The number of aliphatic hydroxyl groups is 1. The summed E-state index contributed by atoms with van der Waals surface area (Å²) in [6.07, 6.45) is 17.0. The average Bonchev–Trinajstić information content (AvgIpc) is 3.32. The molecular weight excluding hydrogens is 423 g/mol. The minimum atomic E-state index is -0.402. The van der Waals surface area contributed by atoms with Gasteiger partial charge in [0.1, 0.15) is 0 Å². The van der Waals surface area contributed by atoms with Crippen molar-refractivity contribution in [2.75, 3.05) is 4.90 Å². The maximum atomic E-state index is 12.4. The van der Waals surface area contributed by atoms with E-state index in [9.17, 15) is 9.90 Å². The molecule has 0 bridgehead atoms. The Morgan fingerprint density at radius 3 is 2.68 bits per heavy atom. The van der Waals surface area contributed by atoms with E-state index < -0.39 is 6.10 Å². The van der Waals surface area contributed by atoms with Gasteiger partial charge in [-0.2, -0.15) is 5.57 Å². The number of rotatable bonds is 10. The summed E-state index contributed by atoms with van der Waals surface area (Å²) in [5.41, 5.74) is 3.38. The zero-order valence-corrected chi connectivity index (χ0v) is 19.9. The number of hydrogen-bond acceptors (Lipinski definition) is 2. The van der Waals surface area contributed by atoms with Gasteiger partial charge in [0, 0.05) is 50.9 Å². The molecular formula is C24H32NO2Y-. The van der Waals surface area contributed by atoms with Gasteiger partial charge in [-0.3, -0.25) is 10.9 Å². The standard InChI is InChI=1S/C24H32NO2.Y/c1-2-3-4-12-23(26)20-13-15-22(16-14-20)25-21(17-18-24(25)27)11-7-10-19-8-5-6-9-19;/h5,8,13-16,21,23,26H,2-4,7,9-12,17-18H2,1H3;/q-1;/t21-,23?;/m1./s1. The first kappa shape index (κ1) is 23.5. The van der Waals surface area contributed by atoms with Gasteiger partial charge in [-0.25, -0.2) is 12.2 Å². The molecule has 1 amide bonds. The minimum absolute atomic E-state index is 0. The van der Waals surface area contributed by atoms with E-state index in [1.165, 1.54) is 5.57 Å². The zero-order chi connectivity index (χ0) is 19.1. The van der Waals surface area contributed by atoms with E-state index in [-0.39, 0.29) is 38.6 Å². The molecule has 1 aliphatic heterocycles. The Hall–Kier alpha value is -0.766. The van der Waals surface area contributed by atoms with Gasteiger partial charge in [0.2, 0.25) is 5.91 Å². The van der Waals surface area contributed by atoms with Crippen LogP contribution in [0.25, 0.3) is 0 Å². The summed E-state index contributed by atoms with van der Waals surface area (Å²) in [5.74, 6) is 0.228. The van der Waals surface area contributed by atoms with Crippen LogP contribution in [-0.4, -0.2) is 17.1 Å². The molecule has 1 saturated heterocycles. The molecule has 2 aliphatic rings. The normalized spacial score (nSPS) is 19.6. The molecule has 1 aromatic carbocycles. The first-order chi connectivity index (χ1) is 13.2. The van der Waals surface area contributed by atoms with Gasteiger partial charge in [0.05, 0.1) is 6.10 Å². The van der Waals surface area contributed by atoms with Crippen molar-refractivity contribution >= 4 is 11.6 Å². The number of carbonyl (C=O) groups excluding carboxylic acids is 1. The SMILES string of the molecule is CCCCCC(O)c1ccc(N2C(=O)CC[C@H]2CCCC2=CC=[C-]C2)cc1.[Y]. The third-order valence-electron chi connectivity index (χ3n) is 5.76. The first-order valence-electron chi connectivity index (χ1n) is 10.5. The van der Waals surface area contributed by atoms with Crippen LogP contribution in [0, 0.1) is 6.08 Å². The molecule has 149 valence electrons. The molecule has 2 atom stereocenters. The van der Waals surface area contributed by atoms with Crippen LogP contribution in [0.1, 0.15) is 82.8 Å². The molecule has 1 aromatic rings. The number of hydrogen-bond donors (Lipinski definition) is 1. The van der Waals surface area contributed by atoms with E-state index in [4.69, 9.17) is 0 Å². The molecule has 3 rings (SSSR count). The number of allylic oxidation sites excluding steroid dienone is 4. The molecule has 1 radical (unpaired) electrons. The second-order valence-corrected chi connectivity index (χ2v) is 7.82. The smallest absolute Gasteiger partial charge is 0.227 e. The first-order valence-corrected chi connectivity index (χ1v) is 10.5. The van der Waals surface area contributed by atoms with Crippen LogP contribution in [0.2, 0.25) is 0 Å². The molecule has 3 nitrogen and oxygen atoms in total. The Kier molecular flexibility index (Phi) is 10.1. The van der Waals surface area contributed by atoms with Crippen LogP contribution in [-0.2, 0) is 37.5 Å². The molecule has 1 aliphatic carbocycles. The van der Waals surface area contributed by atoms with Crippen molar-refractivity contribution in [1.29, 1.82) is 0 Å². The van der Waals surface area contributed by atoms with Gasteiger partial charge in [0.25, 0.3) is 0 Å². The molecule has 0 spiro atoms. The van der Waals surface area contributed by atoms with E-state index in [2.05, 4.69) is 19.1 Å². The zero-order valence-electron chi connectivity index (χ0n) is 17.1. The number of unbranched alkanes of at least 4 members (excludes halogenated alkanes) is 2. The second kappa shape index (κ2) is 12.0. The fourth-order valence-electron chi connectivity index (χ4n) is 4.15. The Morgan fingerprint density at radius 2 is 2.00 bits per heavy atom. The topological polar surface area (TPSA) is 40.5 Å². The van der Waals surface area contributed by atoms with Gasteiger partial charge in [0.15, 0.2) is 0 Å². The molecule has 1 N–H and O–H groups in total. The number of benzene rings is 1. The predicted octanol–water partition coefficient (Wildman–Crippen LogP) is 5.65. The summed E-state index contributed by atoms with van der Waals surface area (Å²) in [6.45, 7) is 2.17. The van der Waals surface area contributed by atoms with Crippen LogP contribution in [0.15, 0.2) is 42.0 Å². The maximum absolute atomic E-state index is 12.4. The van der Waals surface area contributed by atoms with Crippen LogP contribution >= 0.6 is 0 Å². The third kappa shape index (κ3) is 6.37. The van der Waals surface area contributed by atoms with Crippen molar-refractivity contribution in [2.45, 2.75) is 83.3 Å². The molecule has 0 aromatic heterocycles. The van der Waals surface area contributed by atoms with Gasteiger partial charge in [-0.05, 0) is 49.8 Å². The van der Waals surface area contributed by atoms with Crippen molar-refractivity contribution in [3.63, 3.8) is 0 Å². The Morgan fingerprint density at radius 1 is 1.21 bits per heavy atom. The number of amides is 1. The van der Waals surface area contributed by atoms with Crippen molar-refractivity contribution in [1.82, 2.24) is 0 Å². The quantitative estimate of drug-likeness (QED) is 0.366. The summed E-state index contributed by atoms with van der Waals surface area (Å²) in [5, 5.41) is 10.3. The van der Waals surface area contributed by atoms with Gasteiger partial charge >= 0.3 is 0 Å². The van der Waals surface area contributed by atoms with Crippen molar-refractivity contribution in [2.24, 2.45) is 0 Å². The minimum Gasteiger partial charge on any atom is -0.388 e. The van der Waals surface area contributed by atoms with Crippen LogP contribution in [0.3, 0.4) is 0 Å². The predicted molar refractivity (Wildman–Crippen MR) is 110 cm³/mol. The van der Waals surface area contributed by atoms with Crippen LogP contribution in [0.5, 0.6) is 0 Å². The van der Waals surface area contributed by atoms with E-state index in [0.29, 0.717) is 12.5 Å². The molecule has 0 saturated carbocycles. The number of carbonyl (C=O) groups is 1. The van der Waals surface area contributed by atoms with E-state index in [1.54, 1.807) is 0 Å². The van der Waals surface area contributed by atoms with Crippen molar-refractivity contribution in [3.8, 4) is 0 Å². The number of nitrogens with zero attached hydrogens (tertiary/aromatic N) is 1. The summed E-state index contributed by atoms with van der Waals surface area (Å²) >= 11 is 0. The average molecular weight is 455 g/mol. The Bertz CT molecular complexity index is 680. The van der Waals surface area contributed by atoms with E-state index in [1.807, 2.05) is 35.2 Å². The maximum Gasteiger partial charge on any atom is 0.227 e. The Balaban J connectivity index is 0.00000280. The number of aliphatic hydroxyl groups excluding tert-OH is 1. The molecule has 4 heteroatoms. The van der Waals surface area contributed by atoms with Crippen LogP contribution in [0.4, 0.5) is 5.69 Å². The van der Waals surface area contributed by atoms with Gasteiger partial charge in [-0.1, -0.05) is 38.3 Å². The molecule has 28 heavy (non-hydrogen) atoms. The molecule has 1 heterocycles. The van der Waals surface area contributed by atoms with Crippen LogP contribution < -0.4 is 4.90 Å². The fraction of sp³-hybridized carbons (Fsp3) is 0.542. The van der Waals surface area contributed by atoms with Gasteiger partial charge in [-0.15, -0.1) is 6.42 Å². The van der Waals surface area contributed by atoms with Crippen molar-refractivity contribution in [3.05, 3.63) is 53.6 Å². The molecule has 1 unspecified atom stereocenters. The monoisotopic (exact) mass is 455 g/mol. The summed E-state index contributed by atoms with van der Waals surface area (Å²) in [7, 11) is 0. The van der Waals surface area contributed by atoms with Crippen molar-refractivity contribution < 1.29 is 42.6 Å². The Labute approximate surface area is 195 Å². The van der Waals surface area contributed by atoms with Gasteiger partial charge < -0.3 is 10.0 Å².